The number of aryl methyl sites for hydroxylation is 1. The first-order valence-corrected chi connectivity index (χ1v) is 13.3. The lowest BCUT2D eigenvalue weighted by Crippen LogP contribution is -2.29. The van der Waals surface area contributed by atoms with Crippen LogP contribution in [0, 0.1) is 6.92 Å². The molecular weight excluding hydrogens is 424 g/mol. The van der Waals surface area contributed by atoms with Gasteiger partial charge in [0.1, 0.15) is 0 Å². The lowest BCUT2D eigenvalue weighted by Gasteiger charge is -2.18. The van der Waals surface area contributed by atoms with Crippen molar-refractivity contribution in [1.82, 2.24) is 9.62 Å². The zero-order valence-corrected chi connectivity index (χ0v) is 19.1. The van der Waals surface area contributed by atoms with E-state index in [-0.39, 0.29) is 10.8 Å². The highest BCUT2D eigenvalue weighted by molar-refractivity contribution is 7.99. The average Bonchev–Trinajstić information content (AvgIpc) is 3.26. The van der Waals surface area contributed by atoms with Crippen LogP contribution in [0.4, 0.5) is 0 Å². The van der Waals surface area contributed by atoms with Crippen molar-refractivity contribution in [1.29, 1.82) is 0 Å². The minimum absolute atomic E-state index is 0.0844. The summed E-state index contributed by atoms with van der Waals surface area (Å²) in [5, 5.41) is 0. The Morgan fingerprint density at radius 2 is 1.79 bits per heavy atom. The number of carbonyl (C=O) groups is 1. The number of amides is 1. The van der Waals surface area contributed by atoms with Crippen LogP contribution in [0.15, 0.2) is 57.2 Å². The van der Waals surface area contributed by atoms with E-state index in [2.05, 4.69) is 4.72 Å². The molecule has 0 saturated carbocycles. The highest BCUT2D eigenvalue weighted by Crippen LogP contribution is 2.26. The fraction of sp³-hybridized carbons (Fsp3) is 0.381. The Kier molecular flexibility index (Phi) is 7.67. The molecule has 0 unspecified atom stereocenters. The van der Waals surface area contributed by atoms with Crippen molar-refractivity contribution in [3.05, 3.63) is 53.6 Å². The van der Waals surface area contributed by atoms with E-state index in [0.29, 0.717) is 17.9 Å². The molecular formula is C21H26N2O3S3. The Labute approximate surface area is 181 Å². The van der Waals surface area contributed by atoms with Crippen molar-refractivity contribution in [2.24, 2.45) is 0 Å². The number of nitrogens with one attached hydrogen (secondary N) is 1. The third kappa shape index (κ3) is 5.78. The van der Waals surface area contributed by atoms with Crippen molar-refractivity contribution in [3.63, 3.8) is 0 Å². The molecule has 0 spiro atoms. The van der Waals surface area contributed by atoms with Gasteiger partial charge in [0, 0.05) is 35.2 Å². The molecule has 1 aliphatic rings. The van der Waals surface area contributed by atoms with Gasteiger partial charge < -0.3 is 4.90 Å². The van der Waals surface area contributed by atoms with E-state index in [0.717, 1.165) is 35.7 Å². The molecule has 8 heteroatoms. The highest BCUT2D eigenvalue weighted by atomic mass is 32.2. The molecule has 3 rings (SSSR count). The summed E-state index contributed by atoms with van der Waals surface area (Å²) in [6.45, 7) is 3.82. The Hall–Kier alpha value is -1.48. The molecule has 1 fully saturated rings. The predicted molar refractivity (Wildman–Crippen MR) is 120 cm³/mol. The van der Waals surface area contributed by atoms with Gasteiger partial charge in [0.25, 0.3) is 5.91 Å². The van der Waals surface area contributed by atoms with E-state index in [4.69, 9.17) is 0 Å². The number of hydrogen-bond acceptors (Lipinski definition) is 5. The molecule has 0 aliphatic carbocycles. The van der Waals surface area contributed by atoms with Gasteiger partial charge in [0.2, 0.25) is 10.0 Å². The zero-order chi connectivity index (χ0) is 20.9. The molecule has 0 bridgehead atoms. The zero-order valence-electron chi connectivity index (χ0n) is 16.7. The third-order valence-corrected chi connectivity index (χ3v) is 8.06. The van der Waals surface area contributed by atoms with Gasteiger partial charge in [-0.3, -0.25) is 4.79 Å². The predicted octanol–water partition coefficient (Wildman–Crippen LogP) is 4.02. The summed E-state index contributed by atoms with van der Waals surface area (Å²) in [4.78, 5) is 16.7. The van der Waals surface area contributed by atoms with Crippen molar-refractivity contribution in [2.45, 2.75) is 34.5 Å². The summed E-state index contributed by atoms with van der Waals surface area (Å²) < 4.78 is 28.1. The molecule has 1 aliphatic heterocycles. The number of sulfonamides is 1. The van der Waals surface area contributed by atoms with E-state index in [1.807, 2.05) is 37.4 Å². The first-order chi connectivity index (χ1) is 13.9. The minimum Gasteiger partial charge on any atom is -0.339 e. The largest absolute Gasteiger partial charge is 0.339 e. The normalized spacial score (nSPS) is 14.3. The second-order valence-electron chi connectivity index (χ2n) is 6.92. The molecule has 0 atom stereocenters. The number of carbonyl (C=O) groups excluding carboxylic acids is 1. The number of thioether (sulfide) groups is 2. The topological polar surface area (TPSA) is 66.5 Å². The SMILES string of the molecule is CSc1ccc(S(=O)(=O)NCCSc2ccc(C)cc2)cc1C(=O)N1CCCC1. The lowest BCUT2D eigenvalue weighted by molar-refractivity contribution is 0.0789. The second kappa shape index (κ2) is 10.0. The quantitative estimate of drug-likeness (QED) is 0.486. The molecule has 1 amide bonds. The van der Waals surface area contributed by atoms with Crippen LogP contribution in [0.2, 0.25) is 0 Å². The maximum absolute atomic E-state index is 12.8. The molecule has 29 heavy (non-hydrogen) atoms. The second-order valence-corrected chi connectivity index (χ2v) is 10.7. The summed E-state index contributed by atoms with van der Waals surface area (Å²) in [5.74, 6) is 0.545. The fourth-order valence-corrected chi connectivity index (χ4v) is 5.70. The smallest absolute Gasteiger partial charge is 0.255 e. The lowest BCUT2D eigenvalue weighted by atomic mass is 10.2. The van der Waals surface area contributed by atoms with Gasteiger partial charge >= 0.3 is 0 Å². The van der Waals surface area contributed by atoms with Crippen LogP contribution in [-0.4, -0.2) is 50.9 Å². The molecule has 5 nitrogen and oxygen atoms in total. The summed E-state index contributed by atoms with van der Waals surface area (Å²) in [5.41, 5.74) is 1.67. The average molecular weight is 451 g/mol. The van der Waals surface area contributed by atoms with Gasteiger partial charge in [-0.2, -0.15) is 0 Å². The van der Waals surface area contributed by atoms with E-state index in [9.17, 15) is 13.2 Å². The summed E-state index contributed by atoms with van der Waals surface area (Å²) in [6, 6.07) is 13.0. The van der Waals surface area contributed by atoms with E-state index < -0.39 is 10.0 Å². The number of rotatable bonds is 8. The van der Waals surface area contributed by atoms with Gasteiger partial charge in [-0.25, -0.2) is 13.1 Å². The number of benzene rings is 2. The van der Waals surface area contributed by atoms with Gasteiger partial charge in [0.15, 0.2) is 0 Å². The van der Waals surface area contributed by atoms with Gasteiger partial charge in [0.05, 0.1) is 10.5 Å². The standard InChI is InChI=1S/C21H26N2O3S3/c1-16-5-7-17(8-6-16)28-14-11-22-29(25,26)18-9-10-20(27-2)19(15-18)21(24)23-12-3-4-13-23/h5-10,15,22H,3-4,11-14H2,1-2H3. The molecule has 0 aromatic heterocycles. The molecule has 1 saturated heterocycles. The van der Waals surface area contributed by atoms with Crippen LogP contribution in [0.3, 0.4) is 0 Å². The number of nitrogens with zero attached hydrogens (tertiary/aromatic N) is 1. The highest BCUT2D eigenvalue weighted by Gasteiger charge is 2.24. The van der Waals surface area contributed by atoms with Crippen molar-refractivity contribution >= 4 is 39.5 Å². The summed E-state index contributed by atoms with van der Waals surface area (Å²) in [7, 11) is -3.67. The number of hydrogen-bond donors (Lipinski definition) is 1. The third-order valence-electron chi connectivity index (χ3n) is 4.79. The Balaban J connectivity index is 1.66. The van der Waals surface area contributed by atoms with Crippen LogP contribution in [-0.2, 0) is 10.0 Å². The first kappa shape index (κ1) is 22.2. The van der Waals surface area contributed by atoms with Gasteiger partial charge in [-0.1, -0.05) is 17.7 Å². The number of likely N-dealkylation sites (tertiary alicyclic amines) is 1. The van der Waals surface area contributed by atoms with Crippen LogP contribution in [0.25, 0.3) is 0 Å². The monoisotopic (exact) mass is 450 g/mol. The van der Waals surface area contributed by atoms with E-state index >= 15 is 0 Å². The summed E-state index contributed by atoms with van der Waals surface area (Å²) >= 11 is 3.06. The van der Waals surface area contributed by atoms with Gasteiger partial charge in [-0.15, -0.1) is 23.5 Å². The molecule has 1 N–H and O–H groups in total. The van der Waals surface area contributed by atoms with Crippen LogP contribution < -0.4 is 4.72 Å². The van der Waals surface area contributed by atoms with Crippen LogP contribution >= 0.6 is 23.5 Å². The molecule has 2 aromatic carbocycles. The Morgan fingerprint density at radius 1 is 1.10 bits per heavy atom. The molecule has 156 valence electrons. The van der Waals surface area contributed by atoms with Crippen molar-refractivity contribution < 1.29 is 13.2 Å². The van der Waals surface area contributed by atoms with E-state index in [1.54, 1.807) is 28.8 Å². The minimum atomic E-state index is -3.67. The van der Waals surface area contributed by atoms with Crippen molar-refractivity contribution in [3.8, 4) is 0 Å². The fourth-order valence-electron chi connectivity index (χ4n) is 3.17. The van der Waals surface area contributed by atoms with Gasteiger partial charge in [-0.05, 0) is 56.4 Å². The maximum atomic E-state index is 12.8. The first-order valence-electron chi connectivity index (χ1n) is 9.57. The summed E-state index contributed by atoms with van der Waals surface area (Å²) in [6.07, 6.45) is 3.89. The molecule has 0 radical (unpaired) electrons. The molecule has 1 heterocycles. The van der Waals surface area contributed by atoms with Crippen molar-refractivity contribution in [2.75, 3.05) is 31.6 Å². The molecule has 2 aromatic rings. The Bertz CT molecular complexity index is 954. The van der Waals surface area contributed by atoms with Crippen LogP contribution in [0.1, 0.15) is 28.8 Å². The Morgan fingerprint density at radius 3 is 2.45 bits per heavy atom. The van der Waals surface area contributed by atoms with Crippen LogP contribution in [0.5, 0.6) is 0 Å². The maximum Gasteiger partial charge on any atom is 0.255 e. The van der Waals surface area contributed by atoms with E-state index in [1.165, 1.54) is 23.4 Å².